The maximum Gasteiger partial charge on any atom is 0.474 e. The number of halogens is 9. The van der Waals surface area contributed by atoms with Crippen molar-refractivity contribution in [2.75, 3.05) is 19.8 Å². The van der Waals surface area contributed by atoms with E-state index in [2.05, 4.69) is 13.6 Å². The highest BCUT2D eigenvalue weighted by Crippen LogP contribution is 2.50. The second-order valence-electron chi connectivity index (χ2n) is 5.10. The number of rotatable bonds is 12. The highest BCUT2D eigenvalue weighted by atomic mass is 31.2. The molecule has 0 amide bonds. The fourth-order valence-electron chi connectivity index (χ4n) is 1.46. The van der Waals surface area contributed by atoms with Gasteiger partial charge in [-0.05, 0) is 19.3 Å². The molecule has 0 aromatic rings. The van der Waals surface area contributed by atoms with Crippen molar-refractivity contribution in [3.05, 3.63) is 0 Å². The molecule has 0 saturated heterocycles. The van der Waals surface area contributed by atoms with E-state index in [-0.39, 0.29) is 0 Å². The first kappa shape index (κ1) is 25.5. The smallest absolute Gasteiger partial charge is 0.287 e. The Hall–Kier alpha value is -0.520. The summed E-state index contributed by atoms with van der Waals surface area (Å²) in [5, 5.41) is 0. The average Bonchev–Trinajstić information content (AvgIpc) is 2.42. The summed E-state index contributed by atoms with van der Waals surface area (Å²) in [6, 6.07) is 0. The number of phosphoric acid groups is 1. The summed E-state index contributed by atoms with van der Waals surface area (Å²) in [5.41, 5.74) is 0. The quantitative estimate of drug-likeness (QED) is 0.212. The Labute approximate surface area is 143 Å². The van der Waals surface area contributed by atoms with Crippen LogP contribution in [0.5, 0.6) is 0 Å². The molecule has 0 bridgehead atoms. The van der Waals surface area contributed by atoms with Crippen LogP contribution in [0.25, 0.3) is 0 Å². The molecule has 0 atom stereocenters. The number of alkyl halides is 9. The van der Waals surface area contributed by atoms with Crippen LogP contribution in [-0.4, -0.2) is 38.3 Å². The second-order valence-corrected chi connectivity index (χ2v) is 6.77. The van der Waals surface area contributed by atoms with E-state index in [1.165, 1.54) is 0 Å². The SMILES string of the molecule is O=P(OCCCC(F)(F)F)(OCCCC(F)(F)F)OCCCC(F)(F)F. The third-order valence-electron chi connectivity index (χ3n) is 2.56. The van der Waals surface area contributed by atoms with E-state index in [0.717, 1.165) is 0 Å². The van der Waals surface area contributed by atoms with Gasteiger partial charge in [0.05, 0.1) is 19.8 Å². The summed E-state index contributed by atoms with van der Waals surface area (Å²) in [6.07, 6.45) is -19.3. The van der Waals surface area contributed by atoms with Crippen LogP contribution in [0, 0.1) is 0 Å². The van der Waals surface area contributed by atoms with E-state index in [0.29, 0.717) is 0 Å². The zero-order chi connectivity index (χ0) is 20.5. The van der Waals surface area contributed by atoms with Crippen molar-refractivity contribution in [1.29, 1.82) is 0 Å². The van der Waals surface area contributed by atoms with Gasteiger partial charge in [0.1, 0.15) is 0 Å². The first-order valence-electron chi connectivity index (χ1n) is 7.36. The molecule has 0 aliphatic rings. The molecule has 0 rings (SSSR count). The predicted molar refractivity (Wildman–Crippen MR) is 71.3 cm³/mol. The van der Waals surface area contributed by atoms with E-state index >= 15 is 0 Å². The van der Waals surface area contributed by atoms with Crippen LogP contribution in [-0.2, 0) is 18.1 Å². The van der Waals surface area contributed by atoms with Crippen molar-refractivity contribution in [3.63, 3.8) is 0 Å². The van der Waals surface area contributed by atoms with Crippen molar-refractivity contribution in [1.82, 2.24) is 0 Å². The summed E-state index contributed by atoms with van der Waals surface area (Å²) in [4.78, 5) is 0. The number of hydrogen-bond donors (Lipinski definition) is 0. The third-order valence-corrected chi connectivity index (χ3v) is 4.06. The van der Waals surface area contributed by atoms with E-state index in [9.17, 15) is 44.1 Å². The lowest BCUT2D eigenvalue weighted by Gasteiger charge is -2.19. The molecule has 0 heterocycles. The summed E-state index contributed by atoms with van der Waals surface area (Å²) in [7, 11) is -4.57. The normalized spacial score (nSPS) is 14.0. The van der Waals surface area contributed by atoms with Gasteiger partial charge < -0.3 is 0 Å². The molecule has 0 aliphatic heterocycles. The Morgan fingerprint density at radius 1 is 0.538 bits per heavy atom. The molecule has 0 aromatic carbocycles. The average molecular weight is 428 g/mol. The van der Waals surface area contributed by atoms with Crippen LogP contribution in [0.1, 0.15) is 38.5 Å². The van der Waals surface area contributed by atoms with E-state index in [1.54, 1.807) is 0 Å². The lowest BCUT2D eigenvalue weighted by atomic mass is 10.3. The lowest BCUT2D eigenvalue weighted by molar-refractivity contribution is -0.136. The maximum absolute atomic E-state index is 12.1. The zero-order valence-electron chi connectivity index (χ0n) is 13.3. The van der Waals surface area contributed by atoms with Gasteiger partial charge in [0, 0.05) is 19.3 Å². The van der Waals surface area contributed by atoms with Crippen LogP contribution in [0.3, 0.4) is 0 Å². The van der Waals surface area contributed by atoms with Crippen LogP contribution in [0.2, 0.25) is 0 Å². The highest BCUT2D eigenvalue weighted by Gasteiger charge is 2.32. The Bertz CT molecular complexity index is 372. The topological polar surface area (TPSA) is 44.8 Å². The van der Waals surface area contributed by atoms with Crippen LogP contribution >= 0.6 is 7.82 Å². The molecule has 26 heavy (non-hydrogen) atoms. The number of phosphoric ester groups is 1. The van der Waals surface area contributed by atoms with Gasteiger partial charge in [0.15, 0.2) is 0 Å². The second kappa shape index (κ2) is 10.7. The van der Waals surface area contributed by atoms with Gasteiger partial charge in [-0.1, -0.05) is 0 Å². The van der Waals surface area contributed by atoms with Crippen LogP contribution in [0.15, 0.2) is 0 Å². The predicted octanol–water partition coefficient (Wildman–Crippen LogP) is 6.17. The summed E-state index contributed by atoms with van der Waals surface area (Å²) in [5.74, 6) is 0. The van der Waals surface area contributed by atoms with Gasteiger partial charge in [-0.15, -0.1) is 0 Å². The van der Waals surface area contributed by atoms with E-state index in [1.807, 2.05) is 0 Å². The Morgan fingerprint density at radius 2 is 0.769 bits per heavy atom. The molecule has 0 aliphatic carbocycles. The Kier molecular flexibility index (Phi) is 10.5. The Morgan fingerprint density at radius 3 is 0.962 bits per heavy atom. The highest BCUT2D eigenvalue weighted by molar-refractivity contribution is 7.48. The molecular weight excluding hydrogens is 410 g/mol. The molecule has 0 spiro atoms. The molecule has 4 nitrogen and oxygen atoms in total. The third kappa shape index (κ3) is 16.9. The summed E-state index contributed by atoms with van der Waals surface area (Å²) in [6.45, 7) is -2.26. The van der Waals surface area contributed by atoms with Gasteiger partial charge in [0.2, 0.25) is 0 Å². The molecule has 0 saturated carbocycles. The van der Waals surface area contributed by atoms with Crippen molar-refractivity contribution < 1.29 is 57.7 Å². The minimum Gasteiger partial charge on any atom is -0.287 e. The maximum atomic E-state index is 12.1. The molecular formula is C12H18F9O4P. The van der Waals surface area contributed by atoms with Crippen molar-refractivity contribution >= 4 is 7.82 Å². The standard InChI is InChI=1S/C12H18F9O4P/c13-10(14,15)4-1-7-23-26(22,24-8-2-5-11(16,17)18)25-9-3-6-12(19,20)21/h1-9H2. The van der Waals surface area contributed by atoms with Gasteiger partial charge in [-0.3, -0.25) is 13.6 Å². The van der Waals surface area contributed by atoms with E-state index < -0.39 is 84.7 Å². The molecule has 0 N–H and O–H groups in total. The molecule has 0 aromatic heterocycles. The zero-order valence-corrected chi connectivity index (χ0v) is 14.2. The molecule has 14 heteroatoms. The van der Waals surface area contributed by atoms with Crippen molar-refractivity contribution in [3.8, 4) is 0 Å². The fraction of sp³-hybridized carbons (Fsp3) is 1.00. The van der Waals surface area contributed by atoms with Crippen molar-refractivity contribution in [2.24, 2.45) is 0 Å². The summed E-state index contributed by atoms with van der Waals surface area (Å²) >= 11 is 0. The van der Waals surface area contributed by atoms with E-state index in [4.69, 9.17) is 0 Å². The molecule has 158 valence electrons. The first-order valence-corrected chi connectivity index (χ1v) is 8.82. The lowest BCUT2D eigenvalue weighted by Crippen LogP contribution is -2.12. The summed E-state index contributed by atoms with van der Waals surface area (Å²) < 4.78 is 134. The van der Waals surface area contributed by atoms with Crippen LogP contribution < -0.4 is 0 Å². The monoisotopic (exact) mass is 428 g/mol. The van der Waals surface area contributed by atoms with Crippen molar-refractivity contribution in [2.45, 2.75) is 57.1 Å². The van der Waals surface area contributed by atoms with Gasteiger partial charge in [-0.25, -0.2) is 4.57 Å². The van der Waals surface area contributed by atoms with Gasteiger partial charge in [-0.2, -0.15) is 39.5 Å². The largest absolute Gasteiger partial charge is 0.474 e. The minimum atomic E-state index is -4.57. The van der Waals surface area contributed by atoms with Gasteiger partial charge >= 0.3 is 26.4 Å². The fourth-order valence-corrected chi connectivity index (χ4v) is 2.74. The first-order chi connectivity index (χ1) is 11.6. The molecule has 0 fully saturated rings. The molecule has 0 radical (unpaired) electrons. The van der Waals surface area contributed by atoms with Gasteiger partial charge in [0.25, 0.3) is 0 Å². The minimum absolute atomic E-state index is 0.634. The van der Waals surface area contributed by atoms with Crippen LogP contribution in [0.4, 0.5) is 39.5 Å². The molecule has 0 unspecified atom stereocenters. The number of hydrogen-bond acceptors (Lipinski definition) is 4. The Balaban J connectivity index is 4.42.